The van der Waals surface area contributed by atoms with Crippen LogP contribution in [0.1, 0.15) is 34.2 Å². The van der Waals surface area contributed by atoms with Crippen LogP contribution < -0.4 is 5.32 Å². The number of hydrogen-bond donors (Lipinski definition) is 1. The molecule has 3 rings (SSSR count). The van der Waals surface area contributed by atoms with E-state index in [4.69, 9.17) is 0 Å². The van der Waals surface area contributed by atoms with E-state index in [9.17, 15) is 4.79 Å². The van der Waals surface area contributed by atoms with Crippen molar-refractivity contribution in [3.8, 4) is 0 Å². The van der Waals surface area contributed by atoms with Gasteiger partial charge in [-0.2, -0.15) is 0 Å². The van der Waals surface area contributed by atoms with E-state index < -0.39 is 0 Å². The zero-order valence-corrected chi connectivity index (χ0v) is 14.1. The van der Waals surface area contributed by atoms with Crippen molar-refractivity contribution in [3.05, 3.63) is 39.6 Å². The fourth-order valence-electron chi connectivity index (χ4n) is 3.05. The van der Waals surface area contributed by atoms with Crippen LogP contribution in [-0.2, 0) is 13.0 Å². The molecular weight excluding hydrogens is 296 g/mol. The number of nitrogens with one attached hydrogen (secondary N) is 1. The molecule has 1 aliphatic heterocycles. The van der Waals surface area contributed by atoms with E-state index in [1.807, 2.05) is 24.8 Å². The lowest BCUT2D eigenvalue weighted by molar-refractivity contribution is 0.162. The van der Waals surface area contributed by atoms with Gasteiger partial charge in [-0.15, -0.1) is 11.3 Å². The number of aryl methyl sites for hydroxylation is 2. The maximum absolute atomic E-state index is 12.4. The number of carbonyl (C=O) groups excluding carboxylic acids is 1. The zero-order chi connectivity index (χ0) is 15.7. The Hall–Kier alpha value is -1.82. The number of amides is 2. The summed E-state index contributed by atoms with van der Waals surface area (Å²) in [5, 5.41) is 4.13. The molecule has 2 aromatic rings. The van der Waals surface area contributed by atoms with Gasteiger partial charge in [-0.25, -0.2) is 9.78 Å². The molecule has 0 radical (unpaired) electrons. The molecule has 0 aromatic carbocycles. The van der Waals surface area contributed by atoms with Gasteiger partial charge in [-0.05, 0) is 32.9 Å². The second kappa shape index (κ2) is 6.12. The van der Waals surface area contributed by atoms with Crippen molar-refractivity contribution < 1.29 is 4.79 Å². The highest BCUT2D eigenvalue weighted by atomic mass is 32.1. The third-order valence-electron chi connectivity index (χ3n) is 4.23. The molecule has 0 unspecified atom stereocenters. The molecule has 0 saturated carbocycles. The van der Waals surface area contributed by atoms with Gasteiger partial charge in [0, 0.05) is 42.8 Å². The first kappa shape index (κ1) is 15.1. The lowest BCUT2D eigenvalue weighted by Gasteiger charge is -2.34. The lowest BCUT2D eigenvalue weighted by atomic mass is 10.1. The Morgan fingerprint density at radius 3 is 3.00 bits per heavy atom. The quantitative estimate of drug-likeness (QED) is 0.946. The number of rotatable bonds is 3. The molecule has 2 amide bonds. The fourth-order valence-corrected chi connectivity index (χ4v) is 3.98. The van der Waals surface area contributed by atoms with Gasteiger partial charge in [0.25, 0.3) is 0 Å². The van der Waals surface area contributed by atoms with Gasteiger partial charge in [0.15, 0.2) is 0 Å². The number of fused-ring (bicyclic) bond motifs is 1. The van der Waals surface area contributed by atoms with Crippen LogP contribution >= 0.6 is 11.3 Å². The first-order valence-electron chi connectivity index (χ1n) is 7.68. The van der Waals surface area contributed by atoms with Crippen molar-refractivity contribution >= 4 is 17.4 Å². The van der Waals surface area contributed by atoms with Gasteiger partial charge >= 0.3 is 6.03 Å². The first-order valence-corrected chi connectivity index (χ1v) is 8.50. The second-order valence-corrected chi connectivity index (χ2v) is 7.01. The van der Waals surface area contributed by atoms with Crippen LogP contribution in [0.3, 0.4) is 0 Å². The molecule has 6 heteroatoms. The summed E-state index contributed by atoms with van der Waals surface area (Å²) in [6.07, 6.45) is 2.93. The smallest absolute Gasteiger partial charge is 0.318 e. The summed E-state index contributed by atoms with van der Waals surface area (Å²) < 4.78 is 2.22. The van der Waals surface area contributed by atoms with Gasteiger partial charge in [0.1, 0.15) is 0 Å². The zero-order valence-electron chi connectivity index (χ0n) is 13.3. The van der Waals surface area contributed by atoms with Gasteiger partial charge < -0.3 is 14.8 Å². The van der Waals surface area contributed by atoms with Crippen LogP contribution in [0.5, 0.6) is 0 Å². The Kier molecular flexibility index (Phi) is 4.20. The summed E-state index contributed by atoms with van der Waals surface area (Å²) in [5.41, 5.74) is 2.29. The molecule has 1 N–H and O–H groups in total. The van der Waals surface area contributed by atoms with E-state index in [0.717, 1.165) is 30.2 Å². The van der Waals surface area contributed by atoms with Crippen LogP contribution in [0.15, 0.2) is 18.3 Å². The van der Waals surface area contributed by atoms with Crippen LogP contribution in [0.2, 0.25) is 0 Å². The Morgan fingerprint density at radius 2 is 2.27 bits per heavy atom. The van der Waals surface area contributed by atoms with E-state index in [-0.39, 0.29) is 12.1 Å². The predicted molar refractivity (Wildman–Crippen MR) is 88.2 cm³/mol. The van der Waals surface area contributed by atoms with Crippen LogP contribution in [0.25, 0.3) is 0 Å². The predicted octanol–water partition coefficient (Wildman–Crippen LogP) is 2.89. The number of carbonyl (C=O) groups is 1. The topological polar surface area (TPSA) is 50.2 Å². The highest BCUT2D eigenvalue weighted by molar-refractivity contribution is 7.11. The minimum absolute atomic E-state index is 0.0267. The van der Waals surface area contributed by atoms with Crippen molar-refractivity contribution in [2.24, 2.45) is 0 Å². The van der Waals surface area contributed by atoms with Gasteiger partial charge in [-0.1, -0.05) is 0 Å². The Bertz CT molecular complexity index is 675. The standard InChI is InChI=1S/C16H22N4OS/c1-11-15(22-13(3)18-11)6-7-17-16(21)20-10-9-19-8-4-5-14(19)12(20)2/h4-5,8,12H,6-7,9-10H2,1-3H3,(H,17,21)/t12-/m0/s1. The monoisotopic (exact) mass is 318 g/mol. The maximum atomic E-state index is 12.4. The second-order valence-electron chi connectivity index (χ2n) is 5.72. The molecule has 0 bridgehead atoms. The van der Waals surface area contributed by atoms with Crippen LogP contribution in [0, 0.1) is 13.8 Å². The third kappa shape index (κ3) is 2.88. The van der Waals surface area contributed by atoms with Crippen molar-refractivity contribution in [2.75, 3.05) is 13.1 Å². The van der Waals surface area contributed by atoms with E-state index in [1.165, 1.54) is 10.6 Å². The van der Waals surface area contributed by atoms with Crippen molar-refractivity contribution in [2.45, 2.75) is 39.8 Å². The van der Waals surface area contributed by atoms with Gasteiger partial charge in [0.2, 0.25) is 0 Å². The molecule has 22 heavy (non-hydrogen) atoms. The largest absolute Gasteiger partial charge is 0.348 e. The average molecular weight is 318 g/mol. The summed E-state index contributed by atoms with van der Waals surface area (Å²) >= 11 is 1.71. The van der Waals surface area contributed by atoms with Crippen LogP contribution in [-0.4, -0.2) is 33.6 Å². The Balaban J connectivity index is 1.55. The van der Waals surface area contributed by atoms with Crippen molar-refractivity contribution in [1.29, 1.82) is 0 Å². The molecule has 0 saturated heterocycles. The summed E-state index contributed by atoms with van der Waals surface area (Å²) in [4.78, 5) is 20.0. The number of nitrogens with zero attached hydrogens (tertiary/aromatic N) is 3. The molecule has 0 aliphatic carbocycles. The first-order chi connectivity index (χ1) is 10.6. The number of thiazole rings is 1. The molecule has 3 heterocycles. The minimum atomic E-state index is 0.0267. The SMILES string of the molecule is Cc1nc(C)c(CCNC(=O)N2CCn3cccc3[C@@H]2C)s1. The van der Waals surface area contributed by atoms with Crippen LogP contribution in [0.4, 0.5) is 4.79 Å². The van der Waals surface area contributed by atoms with Crippen molar-refractivity contribution in [1.82, 2.24) is 19.8 Å². The lowest BCUT2D eigenvalue weighted by Crippen LogP contribution is -2.46. The summed E-state index contributed by atoms with van der Waals surface area (Å²) in [6.45, 7) is 8.42. The molecule has 1 aliphatic rings. The summed E-state index contributed by atoms with van der Waals surface area (Å²) in [7, 11) is 0. The maximum Gasteiger partial charge on any atom is 0.318 e. The fraction of sp³-hybridized carbons (Fsp3) is 0.500. The number of urea groups is 1. The molecule has 118 valence electrons. The molecule has 1 atom stereocenters. The molecular formula is C16H22N4OS. The van der Waals surface area contributed by atoms with Gasteiger partial charge in [-0.3, -0.25) is 0 Å². The van der Waals surface area contributed by atoms with E-state index in [0.29, 0.717) is 6.54 Å². The molecule has 0 spiro atoms. The van der Waals surface area contributed by atoms with Crippen molar-refractivity contribution in [3.63, 3.8) is 0 Å². The Morgan fingerprint density at radius 1 is 1.45 bits per heavy atom. The minimum Gasteiger partial charge on any atom is -0.348 e. The average Bonchev–Trinajstić information content (AvgIpc) is 3.06. The highest BCUT2D eigenvalue weighted by Gasteiger charge is 2.27. The van der Waals surface area contributed by atoms with E-state index in [1.54, 1.807) is 11.3 Å². The highest BCUT2D eigenvalue weighted by Crippen LogP contribution is 2.25. The summed E-state index contributed by atoms with van der Waals surface area (Å²) in [6, 6.07) is 4.28. The number of aromatic nitrogens is 2. The summed E-state index contributed by atoms with van der Waals surface area (Å²) in [5.74, 6) is 0. The van der Waals surface area contributed by atoms with E-state index >= 15 is 0 Å². The molecule has 0 fully saturated rings. The van der Waals surface area contributed by atoms with E-state index in [2.05, 4.69) is 34.1 Å². The third-order valence-corrected chi connectivity index (χ3v) is 5.36. The normalized spacial score (nSPS) is 17.4. The number of hydrogen-bond acceptors (Lipinski definition) is 3. The molecule has 5 nitrogen and oxygen atoms in total. The molecule has 2 aromatic heterocycles. The Labute approximate surface area is 135 Å². The van der Waals surface area contributed by atoms with Gasteiger partial charge in [0.05, 0.1) is 16.7 Å².